The zero-order valence-electron chi connectivity index (χ0n) is 9.81. The van der Waals surface area contributed by atoms with Gasteiger partial charge in [-0.2, -0.15) is 5.10 Å². The molecule has 8 heteroatoms. The van der Waals surface area contributed by atoms with E-state index in [1.165, 1.54) is 31.2 Å². The molecular formula is C11H9ClFN3O2S. The lowest BCUT2D eigenvalue weighted by atomic mass is 10.2. The second-order valence-electron chi connectivity index (χ2n) is 3.47. The van der Waals surface area contributed by atoms with E-state index in [2.05, 4.69) is 15.5 Å². The molecule has 0 aliphatic carbocycles. The molecule has 0 radical (unpaired) electrons. The number of thioether (sulfide) groups is 1. The molecule has 0 aromatic heterocycles. The molecule has 0 spiro atoms. The maximum absolute atomic E-state index is 13.6. The molecule has 100 valence electrons. The van der Waals surface area contributed by atoms with Crippen LogP contribution in [0.25, 0.3) is 0 Å². The lowest BCUT2D eigenvalue weighted by Gasteiger charge is -2.04. The second-order valence-corrected chi connectivity index (χ2v) is 4.81. The van der Waals surface area contributed by atoms with Crippen LogP contribution in [0.5, 0.6) is 5.75 Å². The molecule has 0 unspecified atom stereocenters. The topological polar surface area (TPSA) is 63.1 Å². The summed E-state index contributed by atoms with van der Waals surface area (Å²) in [6.07, 6.45) is 1.31. The number of nitrogens with zero attached hydrogens (tertiary/aromatic N) is 2. The number of amidine groups is 1. The summed E-state index contributed by atoms with van der Waals surface area (Å²) < 4.78 is 18.4. The van der Waals surface area contributed by atoms with Gasteiger partial charge >= 0.3 is 0 Å². The first-order chi connectivity index (χ1) is 9.11. The van der Waals surface area contributed by atoms with Gasteiger partial charge in [0.2, 0.25) is 5.91 Å². The lowest BCUT2D eigenvalue weighted by molar-refractivity contribution is -0.116. The summed E-state index contributed by atoms with van der Waals surface area (Å²) in [7, 11) is 1.36. The van der Waals surface area contributed by atoms with Crippen LogP contribution in [0.1, 0.15) is 5.56 Å². The predicted octanol–water partition coefficient (Wildman–Crippen LogP) is 2.04. The maximum Gasteiger partial charge on any atom is 0.236 e. The number of ether oxygens (including phenoxy) is 1. The third kappa shape index (κ3) is 3.24. The van der Waals surface area contributed by atoms with Gasteiger partial charge in [-0.1, -0.05) is 23.4 Å². The van der Waals surface area contributed by atoms with Crippen molar-refractivity contribution in [3.63, 3.8) is 0 Å². The number of hydrogen-bond donors (Lipinski definition) is 1. The summed E-state index contributed by atoms with van der Waals surface area (Å²) in [5, 5.41) is 10.4. The van der Waals surface area contributed by atoms with Gasteiger partial charge in [-0.3, -0.25) is 4.79 Å². The number of benzene rings is 1. The molecule has 1 amide bonds. The minimum absolute atomic E-state index is 0.0621. The molecule has 0 bridgehead atoms. The van der Waals surface area contributed by atoms with Crippen molar-refractivity contribution in [2.45, 2.75) is 0 Å². The van der Waals surface area contributed by atoms with Gasteiger partial charge in [0.25, 0.3) is 0 Å². The highest BCUT2D eigenvalue weighted by Gasteiger charge is 2.16. The molecule has 5 nitrogen and oxygen atoms in total. The number of amides is 1. The fourth-order valence-electron chi connectivity index (χ4n) is 1.33. The number of hydrogen-bond acceptors (Lipinski definition) is 5. The Morgan fingerprint density at radius 2 is 2.37 bits per heavy atom. The third-order valence-electron chi connectivity index (χ3n) is 2.23. The Hall–Kier alpha value is -1.60. The molecule has 0 saturated carbocycles. The molecule has 1 saturated heterocycles. The Morgan fingerprint density at radius 3 is 3.00 bits per heavy atom. The van der Waals surface area contributed by atoms with Crippen LogP contribution in [0, 0.1) is 5.82 Å². The Morgan fingerprint density at radius 1 is 1.58 bits per heavy atom. The zero-order valence-corrected chi connectivity index (χ0v) is 11.4. The molecule has 1 aromatic carbocycles. The average Bonchev–Trinajstić information content (AvgIpc) is 2.81. The molecule has 1 heterocycles. The highest BCUT2D eigenvalue weighted by atomic mass is 35.5. The number of carbonyl (C=O) groups is 1. The van der Waals surface area contributed by atoms with Gasteiger partial charge in [-0.15, -0.1) is 5.10 Å². The van der Waals surface area contributed by atoms with Gasteiger partial charge < -0.3 is 10.1 Å². The van der Waals surface area contributed by atoms with Crippen LogP contribution >= 0.6 is 23.4 Å². The summed E-state index contributed by atoms with van der Waals surface area (Å²) in [5.74, 6) is -0.379. The van der Waals surface area contributed by atoms with Crippen LogP contribution in [0.4, 0.5) is 4.39 Å². The van der Waals surface area contributed by atoms with Crippen LogP contribution in [0.3, 0.4) is 0 Å². The van der Waals surface area contributed by atoms with Gasteiger partial charge in [-0.05, 0) is 12.1 Å². The predicted molar refractivity (Wildman–Crippen MR) is 73.6 cm³/mol. The second kappa shape index (κ2) is 6.03. The van der Waals surface area contributed by atoms with Crippen LogP contribution in [-0.2, 0) is 4.79 Å². The van der Waals surface area contributed by atoms with E-state index >= 15 is 0 Å². The van der Waals surface area contributed by atoms with Gasteiger partial charge in [0.15, 0.2) is 16.7 Å². The SMILES string of the molecule is COc1ccc(C=NN=C2NC(=O)CS2)c(Cl)c1F. The smallest absolute Gasteiger partial charge is 0.236 e. The van der Waals surface area contributed by atoms with Crippen molar-refractivity contribution in [1.82, 2.24) is 5.32 Å². The van der Waals surface area contributed by atoms with Crippen molar-refractivity contribution in [3.8, 4) is 5.75 Å². The molecule has 1 aromatic rings. The average molecular weight is 302 g/mol. The van der Waals surface area contributed by atoms with E-state index in [1.54, 1.807) is 6.07 Å². The minimum Gasteiger partial charge on any atom is -0.494 e. The standard InChI is InChI=1S/C11H9ClFN3O2S/c1-18-7-3-2-6(9(12)10(7)13)4-14-16-11-15-8(17)5-19-11/h2-4H,5H2,1H3,(H,15,16,17). The highest BCUT2D eigenvalue weighted by Crippen LogP contribution is 2.27. The minimum atomic E-state index is -0.649. The Labute approximate surface area is 117 Å². The molecular weight excluding hydrogens is 293 g/mol. The normalized spacial score (nSPS) is 17.2. The van der Waals surface area contributed by atoms with Gasteiger partial charge in [0, 0.05) is 5.56 Å². The van der Waals surface area contributed by atoms with Gasteiger partial charge in [-0.25, -0.2) is 4.39 Å². The number of nitrogens with one attached hydrogen (secondary N) is 1. The van der Waals surface area contributed by atoms with E-state index < -0.39 is 5.82 Å². The molecule has 2 rings (SSSR count). The van der Waals surface area contributed by atoms with E-state index in [-0.39, 0.29) is 16.7 Å². The maximum atomic E-state index is 13.6. The van der Waals surface area contributed by atoms with Crippen LogP contribution in [-0.4, -0.2) is 30.2 Å². The Kier molecular flexibility index (Phi) is 4.39. The molecule has 1 fully saturated rings. The third-order valence-corrected chi connectivity index (χ3v) is 3.48. The number of halogens is 2. The van der Waals surface area contributed by atoms with Crippen molar-refractivity contribution >= 4 is 40.7 Å². The zero-order chi connectivity index (χ0) is 13.8. The van der Waals surface area contributed by atoms with E-state index in [0.717, 1.165) is 0 Å². The van der Waals surface area contributed by atoms with Crippen LogP contribution in [0.15, 0.2) is 22.3 Å². The summed E-state index contributed by atoms with van der Waals surface area (Å²) >= 11 is 7.07. The molecule has 1 N–H and O–H groups in total. The Bertz CT molecular complexity index is 577. The van der Waals surface area contributed by atoms with E-state index in [4.69, 9.17) is 16.3 Å². The fourth-order valence-corrected chi connectivity index (χ4v) is 2.16. The first-order valence-corrected chi connectivity index (χ1v) is 6.54. The van der Waals surface area contributed by atoms with E-state index in [0.29, 0.717) is 16.5 Å². The lowest BCUT2D eigenvalue weighted by Crippen LogP contribution is -2.19. The summed E-state index contributed by atoms with van der Waals surface area (Å²) in [5.41, 5.74) is 0.374. The van der Waals surface area contributed by atoms with Crippen molar-refractivity contribution in [2.24, 2.45) is 10.2 Å². The van der Waals surface area contributed by atoms with Gasteiger partial charge in [0.05, 0.1) is 24.1 Å². The van der Waals surface area contributed by atoms with E-state index in [1.807, 2.05) is 0 Å². The summed E-state index contributed by atoms with van der Waals surface area (Å²) in [6.45, 7) is 0. The summed E-state index contributed by atoms with van der Waals surface area (Å²) in [6, 6.07) is 3.01. The first-order valence-electron chi connectivity index (χ1n) is 5.17. The highest BCUT2D eigenvalue weighted by molar-refractivity contribution is 8.15. The van der Waals surface area contributed by atoms with Crippen molar-refractivity contribution in [3.05, 3.63) is 28.5 Å². The van der Waals surface area contributed by atoms with Crippen LogP contribution < -0.4 is 10.1 Å². The molecule has 1 aliphatic rings. The largest absolute Gasteiger partial charge is 0.494 e. The number of rotatable bonds is 3. The summed E-state index contributed by atoms with van der Waals surface area (Å²) in [4.78, 5) is 10.9. The molecule has 1 aliphatic heterocycles. The number of methoxy groups -OCH3 is 1. The fraction of sp³-hybridized carbons (Fsp3) is 0.182. The molecule has 19 heavy (non-hydrogen) atoms. The monoisotopic (exact) mass is 301 g/mol. The Balaban J connectivity index is 2.15. The van der Waals surface area contributed by atoms with Crippen molar-refractivity contribution in [1.29, 1.82) is 0 Å². The van der Waals surface area contributed by atoms with E-state index in [9.17, 15) is 9.18 Å². The molecule has 0 atom stereocenters. The quantitative estimate of drug-likeness (QED) is 0.686. The first kappa shape index (κ1) is 13.8. The van der Waals surface area contributed by atoms with Gasteiger partial charge in [0.1, 0.15) is 0 Å². The van der Waals surface area contributed by atoms with Crippen LogP contribution in [0.2, 0.25) is 5.02 Å². The van der Waals surface area contributed by atoms with Crippen molar-refractivity contribution < 1.29 is 13.9 Å². The van der Waals surface area contributed by atoms with Crippen molar-refractivity contribution in [2.75, 3.05) is 12.9 Å². The number of carbonyl (C=O) groups excluding carboxylic acids is 1.